The van der Waals surface area contributed by atoms with Crippen LogP contribution < -0.4 is 5.32 Å². The lowest BCUT2D eigenvalue weighted by atomic mass is 9.97. The molecule has 0 radical (unpaired) electrons. The summed E-state index contributed by atoms with van der Waals surface area (Å²) in [6.45, 7) is 2.84. The third-order valence-corrected chi connectivity index (χ3v) is 2.42. The molecule has 1 aliphatic rings. The van der Waals surface area contributed by atoms with Gasteiger partial charge in [0.05, 0.1) is 0 Å². The van der Waals surface area contributed by atoms with Gasteiger partial charge in [-0.05, 0) is 37.1 Å². The maximum Gasteiger partial charge on any atom is 0.126 e. The minimum atomic E-state index is -0.0961. The molecule has 0 aromatic heterocycles. The van der Waals surface area contributed by atoms with Crippen LogP contribution in [0.3, 0.4) is 0 Å². The van der Waals surface area contributed by atoms with Crippen LogP contribution in [0.25, 0.3) is 0 Å². The predicted octanol–water partition coefficient (Wildman–Crippen LogP) is 2.17. The standard InChI is InChI=1S/C10H12FN/c1-7-2-3-8(6-9(7)11)10-4-5-12-10/h2-3,6,10,12H,4-5H2,1H3/t10-/m0/s1. The summed E-state index contributed by atoms with van der Waals surface area (Å²) in [6, 6.07) is 5.85. The van der Waals surface area contributed by atoms with Gasteiger partial charge >= 0.3 is 0 Å². The zero-order chi connectivity index (χ0) is 8.55. The molecule has 1 heterocycles. The van der Waals surface area contributed by atoms with Crippen molar-refractivity contribution >= 4 is 0 Å². The van der Waals surface area contributed by atoms with Gasteiger partial charge in [-0.3, -0.25) is 0 Å². The van der Waals surface area contributed by atoms with Gasteiger partial charge in [-0.15, -0.1) is 0 Å². The average molecular weight is 165 g/mol. The predicted molar refractivity (Wildman–Crippen MR) is 46.5 cm³/mol. The Hall–Kier alpha value is -0.890. The van der Waals surface area contributed by atoms with E-state index >= 15 is 0 Å². The third-order valence-electron chi connectivity index (χ3n) is 2.42. The molecule has 2 heteroatoms. The highest BCUT2D eigenvalue weighted by molar-refractivity contribution is 5.26. The van der Waals surface area contributed by atoms with E-state index in [0.29, 0.717) is 6.04 Å². The normalized spacial score (nSPS) is 22.0. The number of halogens is 1. The largest absolute Gasteiger partial charge is 0.310 e. The molecule has 2 rings (SSSR count). The van der Waals surface area contributed by atoms with Crippen molar-refractivity contribution in [2.24, 2.45) is 0 Å². The quantitative estimate of drug-likeness (QED) is 0.672. The number of rotatable bonds is 1. The zero-order valence-electron chi connectivity index (χ0n) is 7.10. The van der Waals surface area contributed by atoms with Gasteiger partial charge in [0.15, 0.2) is 0 Å². The Kier molecular flexibility index (Phi) is 1.85. The number of nitrogens with one attached hydrogen (secondary N) is 1. The van der Waals surface area contributed by atoms with E-state index in [9.17, 15) is 4.39 Å². The second-order valence-electron chi connectivity index (χ2n) is 3.30. The topological polar surface area (TPSA) is 12.0 Å². The van der Waals surface area contributed by atoms with Crippen LogP contribution in [0.1, 0.15) is 23.6 Å². The minimum absolute atomic E-state index is 0.0961. The van der Waals surface area contributed by atoms with Crippen LogP contribution in [-0.4, -0.2) is 6.54 Å². The molecule has 1 nitrogen and oxygen atoms in total. The van der Waals surface area contributed by atoms with Gasteiger partial charge in [-0.1, -0.05) is 12.1 Å². The van der Waals surface area contributed by atoms with Gasteiger partial charge < -0.3 is 5.32 Å². The second kappa shape index (κ2) is 2.87. The SMILES string of the molecule is Cc1ccc([C@@H]2CCN2)cc1F. The smallest absolute Gasteiger partial charge is 0.126 e. The number of hydrogen-bond acceptors (Lipinski definition) is 1. The summed E-state index contributed by atoms with van der Waals surface area (Å²) in [5, 5.41) is 3.24. The molecule has 1 atom stereocenters. The molecule has 0 aliphatic carbocycles. The summed E-state index contributed by atoms with van der Waals surface area (Å²) in [4.78, 5) is 0. The molecule has 1 fully saturated rings. The monoisotopic (exact) mass is 165 g/mol. The zero-order valence-corrected chi connectivity index (χ0v) is 7.10. The minimum Gasteiger partial charge on any atom is -0.310 e. The van der Waals surface area contributed by atoms with E-state index in [0.717, 1.165) is 24.1 Å². The van der Waals surface area contributed by atoms with Crippen molar-refractivity contribution < 1.29 is 4.39 Å². The van der Waals surface area contributed by atoms with Crippen LogP contribution in [0.2, 0.25) is 0 Å². The molecular formula is C10H12FN. The fourth-order valence-electron chi connectivity index (χ4n) is 1.40. The highest BCUT2D eigenvalue weighted by atomic mass is 19.1. The number of hydrogen-bond donors (Lipinski definition) is 1. The van der Waals surface area contributed by atoms with Gasteiger partial charge in [0.2, 0.25) is 0 Å². The maximum atomic E-state index is 13.1. The van der Waals surface area contributed by atoms with Crippen LogP contribution in [0.5, 0.6) is 0 Å². The summed E-state index contributed by atoms with van der Waals surface area (Å²) in [6.07, 6.45) is 1.13. The van der Waals surface area contributed by atoms with Gasteiger partial charge in [0, 0.05) is 6.04 Å². The Morgan fingerprint density at radius 1 is 1.50 bits per heavy atom. The summed E-state index contributed by atoms with van der Waals surface area (Å²) >= 11 is 0. The lowest BCUT2D eigenvalue weighted by Gasteiger charge is -2.28. The van der Waals surface area contributed by atoms with Crippen molar-refractivity contribution in [2.45, 2.75) is 19.4 Å². The molecule has 1 N–H and O–H groups in total. The van der Waals surface area contributed by atoms with Crippen molar-refractivity contribution in [3.8, 4) is 0 Å². The van der Waals surface area contributed by atoms with Gasteiger partial charge in [0.1, 0.15) is 5.82 Å². The summed E-state index contributed by atoms with van der Waals surface area (Å²) in [5.41, 5.74) is 1.79. The molecule has 0 unspecified atom stereocenters. The summed E-state index contributed by atoms with van der Waals surface area (Å²) in [5.74, 6) is -0.0961. The third kappa shape index (κ3) is 1.23. The molecule has 1 aliphatic heterocycles. The fourth-order valence-corrected chi connectivity index (χ4v) is 1.40. The molecule has 0 spiro atoms. The van der Waals surface area contributed by atoms with Crippen molar-refractivity contribution in [2.75, 3.05) is 6.54 Å². The van der Waals surface area contributed by atoms with Crippen molar-refractivity contribution in [3.05, 3.63) is 35.1 Å². The van der Waals surface area contributed by atoms with E-state index in [1.54, 1.807) is 13.0 Å². The molecule has 1 aromatic rings. The molecule has 0 saturated carbocycles. The molecule has 1 aromatic carbocycles. The van der Waals surface area contributed by atoms with E-state index in [4.69, 9.17) is 0 Å². The van der Waals surface area contributed by atoms with Gasteiger partial charge in [0.25, 0.3) is 0 Å². The summed E-state index contributed by atoms with van der Waals surface area (Å²) in [7, 11) is 0. The first kappa shape index (κ1) is 7.74. The first-order valence-corrected chi connectivity index (χ1v) is 4.27. The van der Waals surface area contributed by atoms with E-state index in [-0.39, 0.29) is 5.82 Å². The van der Waals surface area contributed by atoms with Crippen molar-refractivity contribution in [1.82, 2.24) is 5.32 Å². The molecule has 1 saturated heterocycles. The molecule has 64 valence electrons. The lowest BCUT2D eigenvalue weighted by molar-refractivity contribution is 0.381. The Balaban J connectivity index is 2.27. The summed E-state index contributed by atoms with van der Waals surface area (Å²) < 4.78 is 13.1. The Morgan fingerprint density at radius 2 is 2.25 bits per heavy atom. The second-order valence-corrected chi connectivity index (χ2v) is 3.30. The first-order valence-electron chi connectivity index (χ1n) is 4.27. The fraction of sp³-hybridized carbons (Fsp3) is 0.400. The van der Waals surface area contributed by atoms with E-state index < -0.39 is 0 Å². The van der Waals surface area contributed by atoms with Crippen molar-refractivity contribution in [1.29, 1.82) is 0 Å². The van der Waals surface area contributed by atoms with Crippen LogP contribution in [0.4, 0.5) is 4.39 Å². The van der Waals surface area contributed by atoms with E-state index in [1.807, 2.05) is 12.1 Å². The van der Waals surface area contributed by atoms with E-state index in [2.05, 4.69) is 5.32 Å². The average Bonchev–Trinajstić information content (AvgIpc) is 1.93. The molecule has 0 bridgehead atoms. The van der Waals surface area contributed by atoms with Gasteiger partial charge in [-0.2, -0.15) is 0 Å². The highest BCUT2D eigenvalue weighted by Gasteiger charge is 2.18. The first-order chi connectivity index (χ1) is 5.77. The van der Waals surface area contributed by atoms with Crippen LogP contribution >= 0.6 is 0 Å². The Morgan fingerprint density at radius 3 is 2.75 bits per heavy atom. The Bertz CT molecular complexity index is 292. The lowest BCUT2D eigenvalue weighted by Crippen LogP contribution is -2.34. The van der Waals surface area contributed by atoms with Crippen LogP contribution in [0, 0.1) is 12.7 Å². The maximum absolute atomic E-state index is 13.1. The molecule has 0 amide bonds. The molecule has 12 heavy (non-hydrogen) atoms. The van der Waals surface area contributed by atoms with Crippen molar-refractivity contribution in [3.63, 3.8) is 0 Å². The van der Waals surface area contributed by atoms with E-state index in [1.165, 1.54) is 0 Å². The number of benzene rings is 1. The highest BCUT2D eigenvalue weighted by Crippen LogP contribution is 2.23. The molecular weight excluding hydrogens is 153 g/mol. The number of aryl methyl sites for hydroxylation is 1. The Labute approximate surface area is 71.6 Å². The van der Waals surface area contributed by atoms with Gasteiger partial charge in [-0.25, -0.2) is 4.39 Å². The van der Waals surface area contributed by atoms with Crippen LogP contribution in [-0.2, 0) is 0 Å². The van der Waals surface area contributed by atoms with Crippen LogP contribution in [0.15, 0.2) is 18.2 Å².